The highest BCUT2D eigenvalue weighted by Gasteiger charge is 2.47. The Hall–Kier alpha value is -1.55. The van der Waals surface area contributed by atoms with Gasteiger partial charge in [-0.15, -0.1) is 0 Å². The summed E-state index contributed by atoms with van der Waals surface area (Å²) in [5.41, 5.74) is 2.42. The van der Waals surface area contributed by atoms with Gasteiger partial charge in [-0.1, -0.05) is 76.2 Å². The Bertz CT molecular complexity index is 779. The van der Waals surface area contributed by atoms with E-state index in [1.165, 1.54) is 5.56 Å². The summed E-state index contributed by atoms with van der Waals surface area (Å²) in [6, 6.07) is 19.2. The molecule has 180 valence electrons. The first-order chi connectivity index (χ1) is 14.6. The van der Waals surface area contributed by atoms with Crippen LogP contribution in [0.25, 0.3) is 0 Å². The predicted molar refractivity (Wildman–Crippen MR) is 131 cm³/mol. The average Bonchev–Trinajstić information content (AvgIpc) is 2.69. The molecule has 1 atom stereocenters. The van der Waals surface area contributed by atoms with Gasteiger partial charge < -0.3 is 26.4 Å². The third-order valence-electron chi connectivity index (χ3n) is 6.30. The van der Waals surface area contributed by atoms with Crippen LogP contribution in [0.2, 0.25) is 0 Å². The highest BCUT2D eigenvalue weighted by atomic mass is 35.5. The number of hydrogen-bond donors (Lipinski definition) is 0. The van der Waals surface area contributed by atoms with E-state index in [1.54, 1.807) is 0 Å². The molecule has 0 spiro atoms. The minimum absolute atomic E-state index is 0. The summed E-state index contributed by atoms with van der Waals surface area (Å²) in [4.78, 5) is 0. The number of hydrogen-bond acceptors (Lipinski definition) is 2. The quantitative estimate of drug-likeness (QED) is 0.353. The van der Waals surface area contributed by atoms with Crippen LogP contribution in [0.1, 0.15) is 59.6 Å². The topological polar surface area (TPSA) is 18.5 Å². The predicted octanol–water partition coefficient (Wildman–Crippen LogP) is 3.80. The molecular formula is C28H44ClNO2. The van der Waals surface area contributed by atoms with E-state index in [0.29, 0.717) is 18.4 Å². The van der Waals surface area contributed by atoms with E-state index < -0.39 is 0 Å². The van der Waals surface area contributed by atoms with Crippen LogP contribution in [0, 0.1) is 18.8 Å². The van der Waals surface area contributed by atoms with Gasteiger partial charge in [0.05, 0.1) is 13.1 Å². The zero-order valence-electron chi connectivity index (χ0n) is 21.4. The summed E-state index contributed by atoms with van der Waals surface area (Å²) in [7, 11) is 0. The van der Waals surface area contributed by atoms with Crippen LogP contribution < -0.4 is 17.1 Å². The first-order valence-electron chi connectivity index (χ1n) is 11.9. The minimum Gasteiger partial charge on any atom is -1.00 e. The van der Waals surface area contributed by atoms with E-state index in [-0.39, 0.29) is 24.2 Å². The van der Waals surface area contributed by atoms with E-state index in [4.69, 9.17) is 9.47 Å². The summed E-state index contributed by atoms with van der Waals surface area (Å²) in [6.45, 7) is 21.8. The minimum atomic E-state index is -0.299. The lowest BCUT2D eigenvalue weighted by molar-refractivity contribution is -0.989. The van der Waals surface area contributed by atoms with Gasteiger partial charge >= 0.3 is 0 Å². The number of quaternary nitrogens is 1. The second-order valence-electron chi connectivity index (χ2n) is 10.2. The van der Waals surface area contributed by atoms with Crippen molar-refractivity contribution in [2.75, 3.05) is 26.2 Å². The second kappa shape index (κ2) is 12.6. The van der Waals surface area contributed by atoms with Gasteiger partial charge in [0.15, 0.2) is 0 Å². The Morgan fingerprint density at radius 2 is 1.34 bits per heavy atom. The second-order valence-corrected chi connectivity index (χ2v) is 10.2. The van der Waals surface area contributed by atoms with E-state index in [0.717, 1.165) is 35.4 Å². The maximum atomic E-state index is 6.50. The van der Waals surface area contributed by atoms with Crippen LogP contribution in [-0.2, 0) is 10.3 Å². The maximum Gasteiger partial charge on any atom is 0.249 e. The first kappa shape index (κ1) is 28.5. The number of ether oxygens (including phenoxy) is 2. The Balaban J connectivity index is 0.00000512. The molecule has 0 bridgehead atoms. The van der Waals surface area contributed by atoms with E-state index in [2.05, 4.69) is 91.8 Å². The number of halogens is 1. The van der Waals surface area contributed by atoms with Gasteiger partial charge in [0.25, 0.3) is 0 Å². The number of aryl methyl sites for hydroxylation is 1. The molecule has 1 unspecified atom stereocenters. The lowest BCUT2D eigenvalue weighted by Gasteiger charge is -2.53. The van der Waals surface area contributed by atoms with Gasteiger partial charge in [-0.05, 0) is 39.3 Å². The number of rotatable bonds is 12. The van der Waals surface area contributed by atoms with Crippen LogP contribution in [0.4, 0.5) is 0 Å². The Morgan fingerprint density at radius 1 is 0.812 bits per heavy atom. The molecule has 0 fully saturated rings. The Morgan fingerprint density at radius 3 is 1.84 bits per heavy atom. The molecule has 0 heterocycles. The lowest BCUT2D eigenvalue weighted by Crippen LogP contribution is -3.00. The molecule has 0 aliphatic rings. The fraction of sp³-hybridized carbons (Fsp3) is 0.571. The molecule has 4 heteroatoms. The molecule has 0 aliphatic carbocycles. The van der Waals surface area contributed by atoms with Gasteiger partial charge in [-0.25, -0.2) is 0 Å². The summed E-state index contributed by atoms with van der Waals surface area (Å²) in [5, 5.41) is 0. The summed E-state index contributed by atoms with van der Waals surface area (Å²) >= 11 is 0. The van der Waals surface area contributed by atoms with Crippen LogP contribution in [0.5, 0.6) is 5.75 Å². The monoisotopic (exact) mass is 461 g/mol. The Kier molecular flexibility index (Phi) is 11.2. The van der Waals surface area contributed by atoms with Gasteiger partial charge in [0.2, 0.25) is 6.29 Å². The van der Waals surface area contributed by atoms with Crippen molar-refractivity contribution in [2.45, 2.75) is 67.2 Å². The Labute approximate surface area is 203 Å². The molecular weight excluding hydrogens is 418 g/mol. The maximum absolute atomic E-state index is 6.50. The average molecular weight is 462 g/mol. The zero-order valence-corrected chi connectivity index (χ0v) is 22.2. The highest BCUT2D eigenvalue weighted by molar-refractivity contribution is 5.31. The molecule has 0 amide bonds. The van der Waals surface area contributed by atoms with E-state index in [9.17, 15) is 0 Å². The SMILES string of the molecule is CCOC(C[N+](CC(C)C)(CC(C)C)C(C)(C)c1ccccc1)Oc1ccccc1C.[Cl-]. The van der Waals surface area contributed by atoms with Crippen LogP contribution >= 0.6 is 0 Å². The van der Waals surface area contributed by atoms with Crippen molar-refractivity contribution < 1.29 is 26.4 Å². The molecule has 3 nitrogen and oxygen atoms in total. The third-order valence-corrected chi connectivity index (χ3v) is 6.30. The van der Waals surface area contributed by atoms with Gasteiger partial charge in [0, 0.05) is 24.0 Å². The number of benzene rings is 2. The van der Waals surface area contributed by atoms with Crippen LogP contribution in [0.3, 0.4) is 0 Å². The smallest absolute Gasteiger partial charge is 0.249 e. The largest absolute Gasteiger partial charge is 1.00 e. The summed E-state index contributed by atoms with van der Waals surface area (Å²) in [5.74, 6) is 2.02. The van der Waals surface area contributed by atoms with Crippen molar-refractivity contribution >= 4 is 0 Å². The number of para-hydroxylation sites is 1. The fourth-order valence-corrected chi connectivity index (χ4v) is 4.85. The molecule has 32 heavy (non-hydrogen) atoms. The molecule has 0 radical (unpaired) electrons. The van der Waals surface area contributed by atoms with Crippen LogP contribution in [-0.4, -0.2) is 37.0 Å². The third kappa shape index (κ3) is 7.23. The lowest BCUT2D eigenvalue weighted by atomic mass is 9.86. The molecule has 2 aromatic carbocycles. The van der Waals surface area contributed by atoms with Crippen molar-refractivity contribution in [2.24, 2.45) is 11.8 Å². The van der Waals surface area contributed by atoms with Crippen molar-refractivity contribution in [1.82, 2.24) is 0 Å². The van der Waals surface area contributed by atoms with E-state index >= 15 is 0 Å². The normalized spacial score (nSPS) is 13.2. The van der Waals surface area contributed by atoms with E-state index in [1.807, 2.05) is 18.2 Å². The van der Waals surface area contributed by atoms with Gasteiger partial charge in [0.1, 0.15) is 17.8 Å². The summed E-state index contributed by atoms with van der Waals surface area (Å²) in [6.07, 6.45) is -0.299. The summed E-state index contributed by atoms with van der Waals surface area (Å²) < 4.78 is 13.6. The van der Waals surface area contributed by atoms with Crippen molar-refractivity contribution in [3.05, 3.63) is 65.7 Å². The van der Waals surface area contributed by atoms with Gasteiger partial charge in [-0.3, -0.25) is 0 Å². The van der Waals surface area contributed by atoms with Gasteiger partial charge in [-0.2, -0.15) is 0 Å². The molecule has 0 saturated heterocycles. The molecule has 0 aromatic heterocycles. The fourth-order valence-electron chi connectivity index (χ4n) is 4.85. The number of nitrogens with zero attached hydrogens (tertiary/aromatic N) is 1. The first-order valence-corrected chi connectivity index (χ1v) is 11.9. The highest BCUT2D eigenvalue weighted by Crippen LogP contribution is 2.38. The van der Waals surface area contributed by atoms with Crippen molar-refractivity contribution in [3.63, 3.8) is 0 Å². The zero-order chi connectivity index (χ0) is 23.1. The molecule has 2 rings (SSSR count). The van der Waals surface area contributed by atoms with Crippen molar-refractivity contribution in [3.8, 4) is 5.75 Å². The van der Waals surface area contributed by atoms with Crippen molar-refractivity contribution in [1.29, 1.82) is 0 Å². The standard InChI is InChI=1S/C28H44NO2.ClH/c1-9-30-27(31-26-18-14-13-15-24(26)6)21-29(19-22(2)3,20-23(4)5)28(7,8)25-16-11-10-12-17-25;/h10-18,22-23,27H,9,19-21H2,1-8H3;1H/q+1;/p-1. The molecule has 0 N–H and O–H groups in total. The molecule has 0 saturated carbocycles. The molecule has 2 aromatic rings. The van der Waals surface area contributed by atoms with Crippen LogP contribution in [0.15, 0.2) is 54.6 Å². The molecule has 0 aliphatic heterocycles.